The summed E-state index contributed by atoms with van der Waals surface area (Å²) in [6, 6.07) is 6.49. The number of carboxylic acid groups (broad SMARTS) is 1. The van der Waals surface area contributed by atoms with Gasteiger partial charge in [0.15, 0.2) is 0 Å². The number of fused-ring (bicyclic) bond motifs is 1. The van der Waals surface area contributed by atoms with Crippen LogP contribution in [0.3, 0.4) is 0 Å². The number of guanidine groups is 1. The van der Waals surface area contributed by atoms with Crippen LogP contribution in [0, 0.1) is 0 Å². The number of nitrogens with two attached hydrogens (primary N) is 1. The van der Waals surface area contributed by atoms with Gasteiger partial charge in [0.05, 0.1) is 5.75 Å². The summed E-state index contributed by atoms with van der Waals surface area (Å²) in [5.41, 5.74) is 5.04. The number of halogens is 1. The van der Waals surface area contributed by atoms with Crippen molar-refractivity contribution >= 4 is 82.8 Å². The molecule has 4 N–H and O–H groups in total. The molecule has 1 saturated heterocycles. The highest BCUT2D eigenvalue weighted by Gasteiger charge is 2.54. The van der Waals surface area contributed by atoms with Crippen molar-refractivity contribution in [3.63, 3.8) is 0 Å². The molecule has 0 unspecified atom stereocenters. The third-order valence-electron chi connectivity index (χ3n) is 5.98. The summed E-state index contributed by atoms with van der Waals surface area (Å²) in [5, 5.41) is 12.1. The number of nitrogens with zero attached hydrogens (tertiary/aromatic N) is 3. The first kappa shape index (κ1) is 37.4. The molecule has 252 valence electrons. The summed E-state index contributed by atoms with van der Waals surface area (Å²) in [7, 11) is 0. The van der Waals surface area contributed by atoms with Crippen LogP contribution < -0.4 is 11.1 Å². The van der Waals surface area contributed by atoms with Crippen molar-refractivity contribution in [2.75, 3.05) is 23.8 Å². The number of aliphatic imine (C=N–C) groups is 1. The van der Waals surface area contributed by atoms with Crippen LogP contribution >= 0.6 is 46.9 Å². The fourth-order valence-corrected chi connectivity index (χ4v) is 7.74. The van der Waals surface area contributed by atoms with Gasteiger partial charge in [0.1, 0.15) is 28.3 Å². The van der Waals surface area contributed by atoms with Gasteiger partial charge in [-0.3, -0.25) is 14.5 Å². The third-order valence-corrected chi connectivity index (χ3v) is 9.87. The number of thioether (sulfide) groups is 3. The second kappa shape index (κ2) is 15.7. The number of rotatable bonds is 10. The minimum Gasteiger partial charge on any atom is -0.477 e. The van der Waals surface area contributed by atoms with Crippen LogP contribution in [-0.4, -0.2) is 97.3 Å². The van der Waals surface area contributed by atoms with Crippen LogP contribution in [0.1, 0.15) is 47.1 Å². The van der Waals surface area contributed by atoms with E-state index in [2.05, 4.69) is 10.3 Å². The largest absolute Gasteiger partial charge is 0.477 e. The number of amides is 4. The zero-order chi connectivity index (χ0) is 34.4. The first-order valence-electron chi connectivity index (χ1n) is 14.1. The van der Waals surface area contributed by atoms with E-state index in [-0.39, 0.29) is 29.6 Å². The van der Waals surface area contributed by atoms with E-state index in [0.29, 0.717) is 10.7 Å². The molecule has 2 heterocycles. The average Bonchev–Trinajstić information content (AvgIpc) is 2.93. The number of carboxylic acids is 1. The number of β-lactam (4-membered cyclic amide) rings is 1. The molecule has 0 bridgehead atoms. The van der Waals surface area contributed by atoms with Crippen molar-refractivity contribution in [3.05, 3.63) is 40.4 Å². The van der Waals surface area contributed by atoms with E-state index in [1.165, 1.54) is 28.4 Å². The first-order chi connectivity index (χ1) is 21.4. The molecular formula is C29H38ClN5O8S3. The highest BCUT2D eigenvalue weighted by molar-refractivity contribution is 8.06. The molecule has 3 rings (SSSR count). The molecule has 0 spiro atoms. The fourth-order valence-electron chi connectivity index (χ4n) is 4.11. The molecule has 0 saturated carbocycles. The molecule has 0 aromatic heterocycles. The number of benzene rings is 1. The zero-order valence-electron chi connectivity index (χ0n) is 26.3. The van der Waals surface area contributed by atoms with Crippen LogP contribution in [0.2, 0.25) is 0 Å². The minimum absolute atomic E-state index is 0.0420. The maximum atomic E-state index is 13.1. The van der Waals surface area contributed by atoms with Crippen LogP contribution in [0.25, 0.3) is 0 Å². The van der Waals surface area contributed by atoms with Crippen LogP contribution in [0.5, 0.6) is 0 Å². The Hall–Kier alpha value is -3.08. The number of hydrogen-bond donors (Lipinski definition) is 3. The number of ether oxygens (including phenoxy) is 2. The highest BCUT2D eigenvalue weighted by atomic mass is 35.5. The van der Waals surface area contributed by atoms with Gasteiger partial charge < -0.3 is 25.6 Å². The molecule has 0 aliphatic carbocycles. The number of alkyl halides is 1. The van der Waals surface area contributed by atoms with Crippen molar-refractivity contribution in [1.82, 2.24) is 15.1 Å². The molecule has 1 aromatic carbocycles. The van der Waals surface area contributed by atoms with Gasteiger partial charge in [-0.05, 0) is 53.2 Å². The molecule has 46 heavy (non-hydrogen) atoms. The van der Waals surface area contributed by atoms with E-state index < -0.39 is 58.5 Å². The molecule has 2 aliphatic heterocycles. The second-order valence-corrected chi connectivity index (χ2v) is 15.6. The Morgan fingerprint density at radius 2 is 1.80 bits per heavy atom. The first-order valence-corrected chi connectivity index (χ1v) is 17.6. The lowest BCUT2D eigenvalue weighted by Crippen LogP contribution is -2.70. The Kier molecular flexibility index (Phi) is 12.7. The van der Waals surface area contributed by atoms with Gasteiger partial charge in [-0.1, -0.05) is 30.0 Å². The summed E-state index contributed by atoms with van der Waals surface area (Å²) >= 11 is 9.83. The molecule has 0 radical (unpaired) electrons. The van der Waals surface area contributed by atoms with Crippen LogP contribution in [0.15, 0.2) is 44.8 Å². The van der Waals surface area contributed by atoms with E-state index in [0.717, 1.165) is 27.1 Å². The number of aliphatic carboxylic acids is 1. The monoisotopic (exact) mass is 715 g/mol. The summed E-state index contributed by atoms with van der Waals surface area (Å²) in [5.74, 6) is -1.87. The maximum Gasteiger partial charge on any atom is 0.437 e. The van der Waals surface area contributed by atoms with E-state index >= 15 is 0 Å². The van der Waals surface area contributed by atoms with Gasteiger partial charge in [0.2, 0.25) is 11.9 Å². The Morgan fingerprint density at radius 1 is 1.15 bits per heavy atom. The van der Waals surface area contributed by atoms with Crippen LogP contribution in [0.4, 0.5) is 9.59 Å². The van der Waals surface area contributed by atoms with Gasteiger partial charge in [0.25, 0.3) is 5.91 Å². The lowest BCUT2D eigenvalue weighted by atomic mass is 10.1. The molecule has 4 amide bonds. The number of hydrogen-bond acceptors (Lipinski definition) is 10. The molecule has 13 nitrogen and oxygen atoms in total. The molecule has 2 atom stereocenters. The predicted molar refractivity (Wildman–Crippen MR) is 180 cm³/mol. The quantitative estimate of drug-likeness (QED) is 0.102. The zero-order valence-corrected chi connectivity index (χ0v) is 29.5. The lowest BCUT2D eigenvalue weighted by Gasteiger charge is -2.49. The van der Waals surface area contributed by atoms with Gasteiger partial charge in [0, 0.05) is 33.7 Å². The van der Waals surface area contributed by atoms with E-state index in [1.807, 2.05) is 24.3 Å². The van der Waals surface area contributed by atoms with Gasteiger partial charge in [-0.15, -0.1) is 28.4 Å². The Morgan fingerprint density at radius 3 is 2.41 bits per heavy atom. The van der Waals surface area contributed by atoms with E-state index in [4.69, 9.17) is 26.8 Å². The summed E-state index contributed by atoms with van der Waals surface area (Å²) in [6.45, 7) is 9.96. The van der Waals surface area contributed by atoms with Crippen molar-refractivity contribution in [2.45, 2.75) is 74.9 Å². The molecule has 17 heteroatoms. The molecule has 2 aliphatic rings. The predicted octanol–water partition coefficient (Wildman–Crippen LogP) is 4.43. The number of carbonyl (C=O) groups excluding carboxylic acids is 4. The van der Waals surface area contributed by atoms with E-state index in [9.17, 15) is 29.1 Å². The number of carbonyl (C=O) groups is 5. The van der Waals surface area contributed by atoms with Crippen molar-refractivity contribution in [2.24, 2.45) is 10.7 Å². The summed E-state index contributed by atoms with van der Waals surface area (Å²) in [4.78, 5) is 70.2. The van der Waals surface area contributed by atoms with Crippen molar-refractivity contribution in [1.29, 1.82) is 0 Å². The summed E-state index contributed by atoms with van der Waals surface area (Å²) in [6.07, 6.45) is -1.81. The number of nitrogens with one attached hydrogen (secondary N) is 1. The maximum absolute atomic E-state index is 13.1. The lowest BCUT2D eigenvalue weighted by molar-refractivity contribution is -0.150. The van der Waals surface area contributed by atoms with E-state index in [1.54, 1.807) is 41.5 Å². The average molecular weight is 716 g/mol. The van der Waals surface area contributed by atoms with Crippen molar-refractivity contribution < 1.29 is 38.6 Å². The van der Waals surface area contributed by atoms with Gasteiger partial charge in [-0.25, -0.2) is 19.3 Å². The topological polar surface area (TPSA) is 181 Å². The molecule has 1 fully saturated rings. The minimum atomic E-state index is -1.23. The standard InChI is InChI=1S/C29H38ClN5O8S3/c1-28(2,3)42-26(40)33-25(31)34(27(41)43-29(4,5)6)11-12-44-15-19(36)32-20-22(37)35-21(24(38)39)18(14-45-23(20)35)46-17-10-8-7-9-16(17)13-30/h7-10,20,23H,11-15H2,1-6H3,(H,32,36)(H,38,39)(H2,31,33,40)/t20-,23+/m1/s1. The van der Waals surface area contributed by atoms with Crippen molar-refractivity contribution in [3.8, 4) is 0 Å². The van der Waals surface area contributed by atoms with Crippen LogP contribution in [-0.2, 0) is 29.7 Å². The fraction of sp³-hybridized carbons (Fsp3) is 0.517. The third kappa shape index (κ3) is 10.2. The SMILES string of the molecule is CC(C)(C)OC(=O)N=C(N)N(CCSCC(=O)N[C@@H]1C(=O)N2C(C(=O)O)=C(Sc3ccccc3CCl)CS[C@@H]12)C(=O)OC(C)(C)C. The Balaban J connectivity index is 1.59. The molecular weight excluding hydrogens is 678 g/mol. The Bertz CT molecular complexity index is 1430. The molecule has 1 aromatic rings. The normalized spacial score (nSPS) is 18.4. The summed E-state index contributed by atoms with van der Waals surface area (Å²) < 4.78 is 10.5. The van der Waals surface area contributed by atoms with Gasteiger partial charge in [-0.2, -0.15) is 11.8 Å². The smallest absolute Gasteiger partial charge is 0.437 e. The van der Waals surface area contributed by atoms with Gasteiger partial charge >= 0.3 is 18.2 Å². The highest BCUT2D eigenvalue weighted by Crippen LogP contribution is 2.45. The second-order valence-electron chi connectivity index (χ2n) is 12.0. The Labute approximate surface area is 285 Å².